The van der Waals surface area contributed by atoms with Gasteiger partial charge in [0.1, 0.15) is 5.78 Å². The molecule has 1 N–H and O–H groups in total. The van der Waals surface area contributed by atoms with Crippen LogP contribution in [0.2, 0.25) is 0 Å². The number of Topliss-reactive ketones (excluding diaryl/α,β-unsaturated/α-hetero) is 1. The second-order valence-electron chi connectivity index (χ2n) is 4.05. The molecule has 5 heteroatoms. The van der Waals surface area contributed by atoms with Gasteiger partial charge in [-0.25, -0.2) is 4.79 Å². The Morgan fingerprint density at radius 3 is 2.67 bits per heavy atom. The number of nitrogens with zero attached hydrogens (tertiary/aromatic N) is 1. The zero-order valence-electron chi connectivity index (χ0n) is 8.49. The van der Waals surface area contributed by atoms with Crippen molar-refractivity contribution in [2.75, 3.05) is 13.1 Å². The van der Waals surface area contributed by atoms with E-state index < -0.39 is 0 Å². The van der Waals surface area contributed by atoms with E-state index in [1.165, 1.54) is 4.90 Å². The molecule has 0 bridgehead atoms. The lowest BCUT2D eigenvalue weighted by molar-refractivity contribution is -0.126. The molecule has 0 spiro atoms. The fraction of sp³-hybridized carbons (Fsp3) is 0.700. The molecule has 0 aromatic heterocycles. The molecular formula is C10H14N2O3. The van der Waals surface area contributed by atoms with E-state index in [4.69, 9.17) is 0 Å². The van der Waals surface area contributed by atoms with Gasteiger partial charge in [0.15, 0.2) is 0 Å². The average molecular weight is 210 g/mol. The van der Waals surface area contributed by atoms with Crippen LogP contribution in [0.4, 0.5) is 4.79 Å². The number of hydrogen-bond acceptors (Lipinski definition) is 3. The number of carbonyl (C=O) groups excluding carboxylic acids is 3. The Kier molecular flexibility index (Phi) is 2.70. The fourth-order valence-electron chi connectivity index (χ4n) is 2.16. The van der Waals surface area contributed by atoms with Gasteiger partial charge >= 0.3 is 6.03 Å². The van der Waals surface area contributed by atoms with Gasteiger partial charge in [0.05, 0.1) is 6.54 Å². The first-order valence-electron chi connectivity index (χ1n) is 5.29. The Morgan fingerprint density at radius 2 is 2.13 bits per heavy atom. The number of carbonyl (C=O) groups is 3. The van der Waals surface area contributed by atoms with Crippen molar-refractivity contribution in [1.82, 2.24) is 10.2 Å². The van der Waals surface area contributed by atoms with Gasteiger partial charge in [0, 0.05) is 18.9 Å². The summed E-state index contributed by atoms with van der Waals surface area (Å²) in [5.74, 6) is 0.152. The monoisotopic (exact) mass is 210 g/mol. The Morgan fingerprint density at radius 1 is 1.33 bits per heavy atom. The van der Waals surface area contributed by atoms with E-state index >= 15 is 0 Å². The Bertz CT molecular complexity index is 298. The van der Waals surface area contributed by atoms with Crippen LogP contribution in [0.3, 0.4) is 0 Å². The molecule has 1 aliphatic carbocycles. The van der Waals surface area contributed by atoms with Crippen LogP contribution in [-0.4, -0.2) is 35.7 Å². The highest BCUT2D eigenvalue weighted by molar-refractivity contribution is 6.01. The quantitative estimate of drug-likeness (QED) is 0.681. The molecule has 2 fully saturated rings. The maximum atomic E-state index is 11.3. The summed E-state index contributed by atoms with van der Waals surface area (Å²) in [5.41, 5.74) is 0. The largest absolute Gasteiger partial charge is 0.329 e. The van der Waals surface area contributed by atoms with E-state index in [1.807, 2.05) is 0 Å². The van der Waals surface area contributed by atoms with E-state index in [-0.39, 0.29) is 30.2 Å². The number of hydrogen-bond donors (Lipinski definition) is 1. The molecular weight excluding hydrogens is 196 g/mol. The molecule has 3 amide bonds. The van der Waals surface area contributed by atoms with Crippen molar-refractivity contribution >= 4 is 17.7 Å². The van der Waals surface area contributed by atoms with Crippen LogP contribution in [0.5, 0.6) is 0 Å². The van der Waals surface area contributed by atoms with Gasteiger partial charge in [0.25, 0.3) is 0 Å². The third-order valence-corrected chi connectivity index (χ3v) is 3.07. The predicted octanol–water partition coefficient (Wildman–Crippen LogP) is 0.298. The summed E-state index contributed by atoms with van der Waals surface area (Å²) < 4.78 is 0. The van der Waals surface area contributed by atoms with Crippen LogP contribution in [0.25, 0.3) is 0 Å². The molecule has 2 aliphatic rings. The van der Waals surface area contributed by atoms with Gasteiger partial charge in [-0.05, 0) is 19.3 Å². The fourth-order valence-corrected chi connectivity index (χ4v) is 2.16. The molecule has 0 aromatic carbocycles. The maximum Gasteiger partial charge on any atom is 0.324 e. The van der Waals surface area contributed by atoms with Crippen molar-refractivity contribution in [3.63, 3.8) is 0 Å². The minimum Gasteiger partial charge on any atom is -0.329 e. The third kappa shape index (κ3) is 2.00. The number of rotatable bonds is 3. The van der Waals surface area contributed by atoms with Crippen molar-refractivity contribution in [3.05, 3.63) is 0 Å². The molecule has 0 radical (unpaired) electrons. The van der Waals surface area contributed by atoms with Gasteiger partial charge in [-0.15, -0.1) is 0 Å². The van der Waals surface area contributed by atoms with Crippen LogP contribution in [0.15, 0.2) is 0 Å². The summed E-state index contributed by atoms with van der Waals surface area (Å²) in [7, 11) is 0. The highest BCUT2D eigenvalue weighted by Crippen LogP contribution is 2.24. The zero-order valence-corrected chi connectivity index (χ0v) is 8.49. The molecule has 2 rings (SSSR count). The van der Waals surface area contributed by atoms with Crippen molar-refractivity contribution in [1.29, 1.82) is 0 Å². The number of ketones is 1. The first-order chi connectivity index (χ1) is 7.18. The molecule has 1 saturated carbocycles. The first-order valence-corrected chi connectivity index (χ1v) is 5.29. The molecule has 1 heterocycles. The maximum absolute atomic E-state index is 11.3. The average Bonchev–Trinajstić information content (AvgIpc) is 2.73. The summed E-state index contributed by atoms with van der Waals surface area (Å²) in [6, 6.07) is -0.328. The summed E-state index contributed by atoms with van der Waals surface area (Å²) in [6.45, 7) is 0.471. The zero-order chi connectivity index (χ0) is 10.8. The van der Waals surface area contributed by atoms with Gasteiger partial charge in [-0.3, -0.25) is 14.5 Å². The van der Waals surface area contributed by atoms with Crippen LogP contribution >= 0.6 is 0 Å². The molecule has 15 heavy (non-hydrogen) atoms. The normalized spacial score (nSPS) is 26.3. The number of nitrogens with one attached hydrogen (secondary N) is 1. The summed E-state index contributed by atoms with van der Waals surface area (Å²) >= 11 is 0. The summed E-state index contributed by atoms with van der Waals surface area (Å²) in [4.78, 5) is 34.9. The second kappa shape index (κ2) is 4.00. The minimum atomic E-state index is -0.328. The van der Waals surface area contributed by atoms with Crippen LogP contribution in [0, 0.1) is 5.92 Å². The second-order valence-corrected chi connectivity index (χ2v) is 4.05. The van der Waals surface area contributed by atoms with Crippen molar-refractivity contribution < 1.29 is 14.4 Å². The van der Waals surface area contributed by atoms with E-state index in [1.54, 1.807) is 0 Å². The van der Waals surface area contributed by atoms with Gasteiger partial charge in [-0.1, -0.05) is 0 Å². The smallest absolute Gasteiger partial charge is 0.324 e. The van der Waals surface area contributed by atoms with Crippen molar-refractivity contribution in [2.24, 2.45) is 5.92 Å². The molecule has 1 aliphatic heterocycles. The number of amides is 3. The molecule has 0 aromatic rings. The third-order valence-electron chi connectivity index (χ3n) is 3.07. The predicted molar refractivity (Wildman–Crippen MR) is 52.1 cm³/mol. The lowest BCUT2D eigenvalue weighted by atomic mass is 10.0. The topological polar surface area (TPSA) is 66.5 Å². The Balaban J connectivity index is 1.84. The van der Waals surface area contributed by atoms with Gasteiger partial charge in [-0.2, -0.15) is 0 Å². The Hall–Kier alpha value is -1.39. The molecule has 1 atom stereocenters. The number of imide groups is 1. The lowest BCUT2D eigenvalue weighted by Crippen LogP contribution is -2.33. The molecule has 82 valence electrons. The minimum absolute atomic E-state index is 0.0613. The molecule has 5 nitrogen and oxygen atoms in total. The van der Waals surface area contributed by atoms with Crippen LogP contribution in [0.1, 0.15) is 25.7 Å². The lowest BCUT2D eigenvalue weighted by Gasteiger charge is -2.14. The summed E-state index contributed by atoms with van der Waals surface area (Å²) in [6.07, 6.45) is 3.13. The van der Waals surface area contributed by atoms with E-state index in [2.05, 4.69) is 5.32 Å². The molecule has 1 saturated heterocycles. The van der Waals surface area contributed by atoms with Crippen molar-refractivity contribution in [2.45, 2.75) is 25.7 Å². The standard InChI is InChI=1S/C10H14N2O3/c13-8-3-1-2-7(8)4-5-12-9(14)6-11-10(12)15/h7H,1-6H2,(H,11,15). The van der Waals surface area contributed by atoms with Gasteiger partial charge in [0.2, 0.25) is 5.91 Å². The van der Waals surface area contributed by atoms with Crippen LogP contribution in [-0.2, 0) is 9.59 Å². The number of urea groups is 1. The van der Waals surface area contributed by atoms with Crippen molar-refractivity contribution in [3.8, 4) is 0 Å². The first kappa shape index (κ1) is 10.1. The van der Waals surface area contributed by atoms with Crippen LogP contribution < -0.4 is 5.32 Å². The molecule has 1 unspecified atom stereocenters. The van der Waals surface area contributed by atoms with Gasteiger partial charge < -0.3 is 5.32 Å². The summed E-state index contributed by atoms with van der Waals surface area (Å²) in [5, 5.41) is 2.46. The van der Waals surface area contributed by atoms with E-state index in [9.17, 15) is 14.4 Å². The SMILES string of the molecule is O=C1CCCC1CCN1C(=O)CNC1=O. The highest BCUT2D eigenvalue weighted by atomic mass is 16.2. The van der Waals surface area contributed by atoms with E-state index in [0.29, 0.717) is 19.4 Å². The Labute approximate surface area is 87.8 Å². The highest BCUT2D eigenvalue weighted by Gasteiger charge is 2.31. The van der Waals surface area contributed by atoms with E-state index in [0.717, 1.165) is 12.8 Å².